The van der Waals surface area contributed by atoms with Gasteiger partial charge in [-0.2, -0.15) is 0 Å². The van der Waals surface area contributed by atoms with E-state index in [1.165, 1.54) is 13.2 Å². The number of benzene rings is 1. The number of nitrogens with two attached hydrogens (primary N) is 1. The summed E-state index contributed by atoms with van der Waals surface area (Å²) < 4.78 is 18.8. The maximum Gasteiger partial charge on any atom is 0.320 e. The van der Waals surface area contributed by atoms with E-state index in [-0.39, 0.29) is 18.2 Å². The van der Waals surface area contributed by atoms with Gasteiger partial charge in [0.15, 0.2) is 0 Å². The quantitative estimate of drug-likeness (QED) is 0.843. The Kier molecular flexibility index (Phi) is 4.67. The first-order chi connectivity index (χ1) is 8.36. The summed E-state index contributed by atoms with van der Waals surface area (Å²) in [5, 5.41) is 8.80. The van der Waals surface area contributed by atoms with Gasteiger partial charge in [-0.25, -0.2) is 4.39 Å². The summed E-state index contributed by atoms with van der Waals surface area (Å²) in [6.07, 6.45) is 0.110. The lowest BCUT2D eigenvalue weighted by Gasteiger charge is -2.15. The molecule has 0 bridgehead atoms. The predicted octanol–water partition coefficient (Wildman–Crippen LogP) is 1.91. The molecule has 1 aromatic carbocycles. The molecule has 100 valence electrons. The number of rotatable bonds is 5. The summed E-state index contributed by atoms with van der Waals surface area (Å²) in [5.74, 6) is -1.11. The molecular weight excluding hydrogens is 237 g/mol. The van der Waals surface area contributed by atoms with Crippen molar-refractivity contribution in [2.45, 2.75) is 32.2 Å². The second-order valence-electron chi connectivity index (χ2n) is 4.49. The van der Waals surface area contributed by atoms with E-state index >= 15 is 0 Å². The zero-order valence-corrected chi connectivity index (χ0v) is 10.7. The number of carboxylic acids is 1. The molecule has 1 rings (SSSR count). The van der Waals surface area contributed by atoms with E-state index in [4.69, 9.17) is 15.6 Å². The van der Waals surface area contributed by atoms with E-state index in [9.17, 15) is 9.18 Å². The van der Waals surface area contributed by atoms with Gasteiger partial charge in [-0.3, -0.25) is 4.79 Å². The summed E-state index contributed by atoms with van der Waals surface area (Å²) in [4.78, 5) is 10.7. The van der Waals surface area contributed by atoms with Gasteiger partial charge in [-0.05, 0) is 23.1 Å². The molecule has 0 aliphatic rings. The summed E-state index contributed by atoms with van der Waals surface area (Å²) in [7, 11) is 1.42. The molecule has 0 amide bonds. The molecule has 0 aromatic heterocycles. The molecule has 4 nitrogen and oxygen atoms in total. The van der Waals surface area contributed by atoms with Crippen LogP contribution in [0.25, 0.3) is 0 Å². The van der Waals surface area contributed by atoms with Gasteiger partial charge in [0.1, 0.15) is 17.6 Å². The Morgan fingerprint density at radius 3 is 2.56 bits per heavy atom. The zero-order valence-electron chi connectivity index (χ0n) is 10.7. The summed E-state index contributed by atoms with van der Waals surface area (Å²) in [6.45, 7) is 3.73. The largest absolute Gasteiger partial charge is 0.496 e. The van der Waals surface area contributed by atoms with Gasteiger partial charge in [0.2, 0.25) is 0 Å². The van der Waals surface area contributed by atoms with Crippen LogP contribution in [0.3, 0.4) is 0 Å². The van der Waals surface area contributed by atoms with Gasteiger partial charge in [0.25, 0.3) is 0 Å². The van der Waals surface area contributed by atoms with Crippen molar-refractivity contribution in [3.63, 3.8) is 0 Å². The van der Waals surface area contributed by atoms with E-state index in [2.05, 4.69) is 0 Å². The standard InChI is InChI=1S/C13H18FNO3/c1-7(2)9-4-8(5-11(15)13(16)17)12(18-3)6-10(9)14/h4,6-7,11H,5,15H2,1-3H3,(H,16,17). The Balaban J connectivity index is 3.15. The van der Waals surface area contributed by atoms with Gasteiger partial charge in [-0.1, -0.05) is 13.8 Å². The molecule has 0 saturated carbocycles. The van der Waals surface area contributed by atoms with E-state index in [0.29, 0.717) is 16.9 Å². The highest BCUT2D eigenvalue weighted by molar-refractivity contribution is 5.73. The Morgan fingerprint density at radius 1 is 1.50 bits per heavy atom. The highest BCUT2D eigenvalue weighted by atomic mass is 19.1. The summed E-state index contributed by atoms with van der Waals surface area (Å²) >= 11 is 0. The number of ether oxygens (including phenoxy) is 1. The smallest absolute Gasteiger partial charge is 0.320 e. The Morgan fingerprint density at radius 2 is 2.11 bits per heavy atom. The normalized spacial score (nSPS) is 12.6. The third-order valence-corrected chi connectivity index (χ3v) is 2.78. The highest BCUT2D eigenvalue weighted by Crippen LogP contribution is 2.28. The molecule has 18 heavy (non-hydrogen) atoms. The van der Waals surface area contributed by atoms with Crippen LogP contribution in [-0.4, -0.2) is 24.2 Å². The molecule has 0 aliphatic heterocycles. The van der Waals surface area contributed by atoms with Gasteiger partial charge in [0, 0.05) is 12.5 Å². The average molecular weight is 255 g/mol. The molecular formula is C13H18FNO3. The number of halogens is 1. The van der Waals surface area contributed by atoms with Crippen LogP contribution in [0.4, 0.5) is 4.39 Å². The number of hydrogen-bond donors (Lipinski definition) is 2. The number of carbonyl (C=O) groups is 1. The minimum Gasteiger partial charge on any atom is -0.496 e. The van der Waals surface area contributed by atoms with Crippen LogP contribution in [0, 0.1) is 5.82 Å². The first-order valence-electron chi connectivity index (χ1n) is 5.71. The first kappa shape index (κ1) is 14.4. The number of aliphatic carboxylic acids is 1. The van der Waals surface area contributed by atoms with Crippen molar-refractivity contribution in [2.24, 2.45) is 5.73 Å². The fraction of sp³-hybridized carbons (Fsp3) is 0.462. The number of methoxy groups -OCH3 is 1. The van der Waals surface area contributed by atoms with E-state index in [1.54, 1.807) is 6.07 Å². The molecule has 0 fully saturated rings. The molecule has 1 aromatic rings. The fourth-order valence-corrected chi connectivity index (χ4v) is 1.74. The molecule has 5 heteroatoms. The minimum absolute atomic E-state index is 0.00992. The van der Waals surface area contributed by atoms with Crippen LogP contribution in [0.15, 0.2) is 12.1 Å². The van der Waals surface area contributed by atoms with Crippen molar-refractivity contribution in [3.05, 3.63) is 29.1 Å². The summed E-state index contributed by atoms with van der Waals surface area (Å²) in [5.41, 5.74) is 6.63. The predicted molar refractivity (Wildman–Crippen MR) is 66.4 cm³/mol. The Labute approximate surface area is 106 Å². The van der Waals surface area contributed by atoms with E-state index in [1.807, 2.05) is 13.8 Å². The molecule has 0 heterocycles. The zero-order chi connectivity index (χ0) is 13.9. The average Bonchev–Trinajstić information content (AvgIpc) is 2.30. The molecule has 0 spiro atoms. The van der Waals surface area contributed by atoms with Gasteiger partial charge < -0.3 is 15.6 Å². The number of carboxylic acid groups (broad SMARTS) is 1. The van der Waals surface area contributed by atoms with Crippen LogP contribution in [0.2, 0.25) is 0 Å². The van der Waals surface area contributed by atoms with Crippen molar-refractivity contribution in [2.75, 3.05) is 7.11 Å². The SMILES string of the molecule is COc1cc(F)c(C(C)C)cc1CC(N)C(=O)O. The molecule has 0 radical (unpaired) electrons. The highest BCUT2D eigenvalue weighted by Gasteiger charge is 2.18. The molecule has 3 N–H and O–H groups in total. The van der Waals surface area contributed by atoms with Crippen molar-refractivity contribution in [1.29, 1.82) is 0 Å². The maximum absolute atomic E-state index is 13.7. The van der Waals surface area contributed by atoms with E-state index < -0.39 is 12.0 Å². The van der Waals surface area contributed by atoms with Crippen molar-refractivity contribution in [3.8, 4) is 5.75 Å². The lowest BCUT2D eigenvalue weighted by molar-refractivity contribution is -0.138. The van der Waals surface area contributed by atoms with Crippen molar-refractivity contribution >= 4 is 5.97 Å². The monoisotopic (exact) mass is 255 g/mol. The van der Waals surface area contributed by atoms with Gasteiger partial charge >= 0.3 is 5.97 Å². The van der Waals surface area contributed by atoms with E-state index in [0.717, 1.165) is 0 Å². The van der Waals surface area contributed by atoms with Crippen LogP contribution >= 0.6 is 0 Å². The topological polar surface area (TPSA) is 72.5 Å². The number of hydrogen-bond acceptors (Lipinski definition) is 3. The Hall–Kier alpha value is -1.62. The van der Waals surface area contributed by atoms with Crippen molar-refractivity contribution < 1.29 is 19.0 Å². The minimum atomic E-state index is -1.09. The van der Waals surface area contributed by atoms with Crippen LogP contribution in [0.5, 0.6) is 5.75 Å². The van der Waals surface area contributed by atoms with Crippen LogP contribution < -0.4 is 10.5 Å². The lowest BCUT2D eigenvalue weighted by atomic mass is 9.96. The van der Waals surface area contributed by atoms with Crippen LogP contribution in [-0.2, 0) is 11.2 Å². The Bertz CT molecular complexity index is 446. The molecule has 0 saturated heterocycles. The third-order valence-electron chi connectivity index (χ3n) is 2.78. The lowest BCUT2D eigenvalue weighted by Crippen LogP contribution is -2.32. The molecule has 1 atom stereocenters. The second kappa shape index (κ2) is 5.82. The van der Waals surface area contributed by atoms with Gasteiger partial charge in [0.05, 0.1) is 7.11 Å². The third kappa shape index (κ3) is 3.20. The summed E-state index contributed by atoms with van der Waals surface area (Å²) in [6, 6.07) is 1.88. The first-order valence-corrected chi connectivity index (χ1v) is 5.71. The van der Waals surface area contributed by atoms with Crippen LogP contribution in [0.1, 0.15) is 30.9 Å². The maximum atomic E-state index is 13.7. The molecule has 1 unspecified atom stereocenters. The van der Waals surface area contributed by atoms with Gasteiger partial charge in [-0.15, -0.1) is 0 Å². The fourth-order valence-electron chi connectivity index (χ4n) is 1.74. The second-order valence-corrected chi connectivity index (χ2v) is 4.49. The molecule has 0 aliphatic carbocycles. The van der Waals surface area contributed by atoms with Crippen molar-refractivity contribution in [1.82, 2.24) is 0 Å².